The Labute approximate surface area is 204 Å². The van der Waals surface area contributed by atoms with Crippen LogP contribution in [0.3, 0.4) is 0 Å². The molecular weight excluding hydrogens is 480 g/mol. The molecule has 0 saturated carbocycles. The van der Waals surface area contributed by atoms with E-state index in [4.69, 9.17) is 14.2 Å². The van der Waals surface area contributed by atoms with Gasteiger partial charge in [-0.2, -0.15) is 9.78 Å². The molecule has 1 fully saturated rings. The minimum absolute atomic E-state index is 0.000760. The van der Waals surface area contributed by atoms with Crippen LogP contribution in [-0.4, -0.2) is 85.3 Å². The molecule has 0 amide bonds. The zero-order valence-electron chi connectivity index (χ0n) is 18.9. The van der Waals surface area contributed by atoms with E-state index in [0.29, 0.717) is 28.1 Å². The molecule has 4 rings (SSSR count). The first-order chi connectivity index (χ1) is 16.7. The largest absolute Gasteiger partial charge is 0.497 e. The van der Waals surface area contributed by atoms with Gasteiger partial charge >= 0.3 is 0 Å². The van der Waals surface area contributed by atoms with E-state index in [1.165, 1.54) is 29.4 Å². The van der Waals surface area contributed by atoms with Gasteiger partial charge in [0.15, 0.2) is 6.10 Å². The number of rotatable bonds is 7. The van der Waals surface area contributed by atoms with Crippen LogP contribution in [0, 0.1) is 0 Å². The number of carbonyl (C=O) groups is 1. The molecule has 188 valence electrons. The Morgan fingerprint density at radius 2 is 1.91 bits per heavy atom. The number of aromatic nitrogens is 2. The van der Waals surface area contributed by atoms with Crippen molar-refractivity contribution in [3.05, 3.63) is 48.2 Å². The Morgan fingerprint density at radius 3 is 2.54 bits per heavy atom. The fourth-order valence-corrected chi connectivity index (χ4v) is 4.67. The minimum Gasteiger partial charge on any atom is -0.497 e. The summed E-state index contributed by atoms with van der Waals surface area (Å²) >= 11 is 1.44. The summed E-state index contributed by atoms with van der Waals surface area (Å²) in [7, 11) is 1.58. The molecular formula is C23H26N2O9S. The Hall–Kier alpha value is -2.71. The second-order valence-corrected chi connectivity index (χ2v) is 9.04. The first kappa shape index (κ1) is 25.4. The molecule has 2 aromatic carbocycles. The molecule has 5 N–H and O–H groups in total. The van der Waals surface area contributed by atoms with Gasteiger partial charge in [0.1, 0.15) is 23.7 Å². The molecule has 11 nitrogen and oxygen atoms in total. The van der Waals surface area contributed by atoms with Gasteiger partial charge in [-0.3, -0.25) is 4.79 Å². The van der Waals surface area contributed by atoms with Gasteiger partial charge in [-0.25, -0.2) is 0 Å². The molecule has 3 aromatic rings. The van der Waals surface area contributed by atoms with Crippen LogP contribution >= 0.6 is 11.8 Å². The van der Waals surface area contributed by atoms with Gasteiger partial charge in [-0.15, -0.1) is 11.8 Å². The molecule has 0 spiro atoms. The second-order valence-electron chi connectivity index (χ2n) is 7.99. The summed E-state index contributed by atoms with van der Waals surface area (Å²) in [4.78, 5) is 13.1. The number of benzene rings is 2. The number of hydrogen-bond donors (Lipinski definition) is 5. The first-order valence-corrected chi connectivity index (χ1v) is 11.7. The molecule has 12 heteroatoms. The van der Waals surface area contributed by atoms with Gasteiger partial charge in [-0.05, 0) is 36.4 Å². The summed E-state index contributed by atoms with van der Waals surface area (Å²) < 4.78 is 17.1. The van der Waals surface area contributed by atoms with Gasteiger partial charge in [-0.1, -0.05) is 6.07 Å². The van der Waals surface area contributed by atoms with Gasteiger partial charge in [0.2, 0.25) is 12.2 Å². The highest BCUT2D eigenvalue weighted by Crippen LogP contribution is 2.38. The third-order valence-corrected chi connectivity index (χ3v) is 6.74. The molecule has 1 aliphatic heterocycles. The van der Waals surface area contributed by atoms with Gasteiger partial charge in [0.25, 0.3) is 5.79 Å². The van der Waals surface area contributed by atoms with Crippen LogP contribution in [0.15, 0.2) is 47.4 Å². The van der Waals surface area contributed by atoms with Crippen molar-refractivity contribution in [1.29, 1.82) is 0 Å². The summed E-state index contributed by atoms with van der Waals surface area (Å²) in [5.74, 6) is -2.09. The molecule has 1 aromatic heterocycles. The van der Waals surface area contributed by atoms with Crippen molar-refractivity contribution >= 4 is 28.6 Å². The van der Waals surface area contributed by atoms with E-state index in [9.17, 15) is 30.3 Å². The Kier molecular flexibility index (Phi) is 7.33. The van der Waals surface area contributed by atoms with E-state index in [-0.39, 0.29) is 11.7 Å². The maximum absolute atomic E-state index is 12.2. The van der Waals surface area contributed by atoms with Gasteiger partial charge in [0.05, 0.1) is 30.3 Å². The van der Waals surface area contributed by atoms with Crippen molar-refractivity contribution in [2.45, 2.75) is 48.0 Å². The zero-order valence-corrected chi connectivity index (χ0v) is 19.8. The van der Waals surface area contributed by atoms with E-state index in [2.05, 4.69) is 5.10 Å². The third-order valence-electron chi connectivity index (χ3n) is 5.71. The smallest absolute Gasteiger partial charge is 0.288 e. The Morgan fingerprint density at radius 1 is 1.20 bits per heavy atom. The molecule has 2 heterocycles. The number of fused-ring (bicyclic) bond motifs is 1. The monoisotopic (exact) mass is 506 g/mol. The third kappa shape index (κ3) is 4.74. The highest BCUT2D eigenvalue weighted by atomic mass is 32.2. The molecule has 0 aliphatic carbocycles. The van der Waals surface area contributed by atoms with Crippen LogP contribution in [0.5, 0.6) is 11.5 Å². The Bertz CT molecular complexity index is 1200. The highest BCUT2D eigenvalue weighted by Gasteiger charge is 2.57. The van der Waals surface area contributed by atoms with E-state index in [1.54, 1.807) is 19.2 Å². The summed E-state index contributed by atoms with van der Waals surface area (Å²) in [6, 6.07) is 12.0. The highest BCUT2D eigenvalue weighted by molar-refractivity contribution is 7.98. The minimum atomic E-state index is -2.77. The van der Waals surface area contributed by atoms with Crippen LogP contribution in [0.25, 0.3) is 10.9 Å². The SMILES string of the molecule is COc1ccc(SCc2nn(C(C)=O)c3cccc(O[C@]4(O)[C@H](O)O[C@H](CO)[C@@H](O)[C@@H]4O)c23)cc1. The van der Waals surface area contributed by atoms with Crippen molar-refractivity contribution in [3.63, 3.8) is 0 Å². The van der Waals surface area contributed by atoms with E-state index >= 15 is 0 Å². The van der Waals surface area contributed by atoms with Gasteiger partial charge < -0.3 is 39.7 Å². The molecule has 0 unspecified atom stereocenters. The predicted octanol–water partition coefficient (Wildman–Crippen LogP) is 0.496. The van der Waals surface area contributed by atoms with Crippen molar-refractivity contribution in [1.82, 2.24) is 9.78 Å². The zero-order chi connectivity index (χ0) is 25.3. The molecule has 35 heavy (non-hydrogen) atoms. The van der Waals surface area contributed by atoms with Crippen LogP contribution < -0.4 is 9.47 Å². The lowest BCUT2D eigenvalue weighted by Crippen LogP contribution is -2.69. The fourth-order valence-electron chi connectivity index (χ4n) is 3.84. The molecule has 5 atom stereocenters. The van der Waals surface area contributed by atoms with Crippen LogP contribution in [-0.2, 0) is 10.5 Å². The summed E-state index contributed by atoms with van der Waals surface area (Å²) in [6.07, 6.45) is -7.17. The van der Waals surface area contributed by atoms with Crippen LogP contribution in [0.2, 0.25) is 0 Å². The number of nitrogens with zero attached hydrogens (tertiary/aromatic N) is 2. The maximum Gasteiger partial charge on any atom is 0.288 e. The Balaban J connectivity index is 1.71. The average Bonchev–Trinajstić information content (AvgIpc) is 3.24. The summed E-state index contributed by atoms with van der Waals surface area (Å²) in [6.45, 7) is 0.654. The summed E-state index contributed by atoms with van der Waals surface area (Å²) in [5, 5.41) is 56.1. The normalized spacial score (nSPS) is 26.6. The van der Waals surface area contributed by atoms with Gasteiger partial charge in [0, 0.05) is 17.6 Å². The van der Waals surface area contributed by atoms with Crippen LogP contribution in [0.1, 0.15) is 17.4 Å². The lowest BCUT2D eigenvalue weighted by Gasteiger charge is -2.45. The summed E-state index contributed by atoms with van der Waals surface area (Å²) in [5.41, 5.74) is 0.836. The maximum atomic E-state index is 12.2. The number of ether oxygens (including phenoxy) is 3. The number of thioether (sulfide) groups is 1. The lowest BCUT2D eigenvalue weighted by molar-refractivity contribution is -0.385. The number of aliphatic hydroxyl groups excluding tert-OH is 4. The van der Waals surface area contributed by atoms with Crippen molar-refractivity contribution in [2.75, 3.05) is 13.7 Å². The number of methoxy groups -OCH3 is 1. The van der Waals surface area contributed by atoms with Crippen molar-refractivity contribution in [2.24, 2.45) is 0 Å². The van der Waals surface area contributed by atoms with Crippen molar-refractivity contribution in [3.8, 4) is 11.5 Å². The lowest BCUT2D eigenvalue weighted by atomic mass is 9.96. The number of aliphatic hydroxyl groups is 5. The average molecular weight is 507 g/mol. The van der Waals surface area contributed by atoms with Crippen molar-refractivity contribution < 1.29 is 44.5 Å². The van der Waals surface area contributed by atoms with Crippen LogP contribution in [0.4, 0.5) is 0 Å². The molecule has 0 bridgehead atoms. The number of hydrogen-bond acceptors (Lipinski definition) is 11. The standard InChI is InChI=1S/C23H26N2O9S/c1-12(27)25-16-4-3-5-17(34-23(31)21(29)20(28)18(10-26)33-22(23)30)19(16)15(24-25)11-35-14-8-6-13(32-2)7-9-14/h3-9,18,20-22,26,28-31H,10-11H2,1-2H3/t18-,20-,21+,22-,23+/m1/s1. The molecule has 0 radical (unpaired) electrons. The number of carbonyl (C=O) groups excluding carboxylic acids is 1. The molecule has 1 saturated heterocycles. The first-order valence-electron chi connectivity index (χ1n) is 10.7. The topological polar surface area (TPSA) is 164 Å². The van der Waals surface area contributed by atoms with E-state index in [1.807, 2.05) is 24.3 Å². The van der Waals surface area contributed by atoms with E-state index < -0.39 is 37.0 Å². The second kappa shape index (κ2) is 10.1. The van der Waals surface area contributed by atoms with E-state index in [0.717, 1.165) is 4.90 Å². The predicted molar refractivity (Wildman–Crippen MR) is 124 cm³/mol. The quantitative estimate of drug-likeness (QED) is 0.224. The fraction of sp³-hybridized carbons (Fsp3) is 0.391. The molecule has 1 aliphatic rings.